The second kappa shape index (κ2) is 6.93. The van der Waals surface area contributed by atoms with Gasteiger partial charge in [-0.1, -0.05) is 18.2 Å². The number of nitrogens with zero attached hydrogens (tertiary/aromatic N) is 4. The van der Waals surface area contributed by atoms with Gasteiger partial charge >= 0.3 is 0 Å². The monoisotopic (exact) mass is 395 g/mol. The van der Waals surface area contributed by atoms with Crippen LogP contribution in [-0.2, 0) is 10.0 Å². The van der Waals surface area contributed by atoms with E-state index in [2.05, 4.69) is 20.0 Å². The third-order valence-electron chi connectivity index (χ3n) is 4.20. The van der Waals surface area contributed by atoms with Gasteiger partial charge in [0.2, 0.25) is 0 Å². The summed E-state index contributed by atoms with van der Waals surface area (Å²) in [6.45, 7) is 1.87. The molecule has 0 atom stereocenters. The van der Waals surface area contributed by atoms with Gasteiger partial charge in [0.25, 0.3) is 10.0 Å². The molecule has 0 fully saturated rings. The largest absolute Gasteiger partial charge is 0.495 e. The first-order chi connectivity index (χ1) is 13.5. The van der Waals surface area contributed by atoms with Crippen molar-refractivity contribution in [2.75, 3.05) is 11.8 Å². The summed E-state index contributed by atoms with van der Waals surface area (Å²) in [4.78, 5) is 0.0874. The molecular weight excluding hydrogens is 378 g/mol. The zero-order valence-corrected chi connectivity index (χ0v) is 16.0. The zero-order valence-electron chi connectivity index (χ0n) is 15.2. The highest BCUT2D eigenvalue weighted by atomic mass is 32.2. The summed E-state index contributed by atoms with van der Waals surface area (Å²) in [6.07, 6.45) is 1.52. The van der Waals surface area contributed by atoms with Gasteiger partial charge in [0.1, 0.15) is 17.0 Å². The van der Waals surface area contributed by atoms with Gasteiger partial charge in [-0.25, -0.2) is 8.42 Å². The summed E-state index contributed by atoms with van der Waals surface area (Å²) in [7, 11) is -2.34. The predicted molar refractivity (Wildman–Crippen MR) is 105 cm³/mol. The van der Waals surface area contributed by atoms with Gasteiger partial charge in [-0.3, -0.25) is 4.72 Å². The standard InChI is InChI=1S/C19H17N5O3S/c1-13-3-9-18(17(11-13)27-2)28(25,26)23-15-6-4-14(5-7-15)16-8-10-19-21-20-12-24(19)22-16/h3-12,23H,1-2H3. The maximum absolute atomic E-state index is 12.7. The van der Waals surface area contributed by atoms with Crippen molar-refractivity contribution >= 4 is 21.4 Å². The fourth-order valence-electron chi connectivity index (χ4n) is 2.80. The van der Waals surface area contributed by atoms with Crippen LogP contribution in [0, 0.1) is 6.92 Å². The summed E-state index contributed by atoms with van der Waals surface area (Å²) >= 11 is 0. The summed E-state index contributed by atoms with van der Waals surface area (Å²) in [5, 5.41) is 12.1. The predicted octanol–water partition coefficient (Wildman–Crippen LogP) is 2.91. The summed E-state index contributed by atoms with van der Waals surface area (Å²) in [6, 6.07) is 15.6. The molecule has 4 rings (SSSR count). The molecule has 1 N–H and O–H groups in total. The number of rotatable bonds is 5. The Balaban J connectivity index is 1.60. The van der Waals surface area contributed by atoms with Gasteiger partial charge in [0.15, 0.2) is 5.65 Å². The van der Waals surface area contributed by atoms with Crippen molar-refractivity contribution in [2.45, 2.75) is 11.8 Å². The smallest absolute Gasteiger partial charge is 0.265 e. The third-order valence-corrected chi connectivity index (χ3v) is 5.62. The van der Waals surface area contributed by atoms with Gasteiger partial charge in [-0.15, -0.1) is 10.2 Å². The van der Waals surface area contributed by atoms with E-state index >= 15 is 0 Å². The fraction of sp³-hybridized carbons (Fsp3) is 0.105. The van der Waals surface area contributed by atoms with Crippen LogP contribution in [0.25, 0.3) is 16.9 Å². The van der Waals surface area contributed by atoms with E-state index < -0.39 is 10.0 Å². The second-order valence-corrected chi connectivity index (χ2v) is 7.84. The SMILES string of the molecule is COc1cc(C)ccc1S(=O)(=O)Nc1ccc(-c2ccc3nncn3n2)cc1. The van der Waals surface area contributed by atoms with E-state index in [1.807, 2.05) is 19.1 Å². The van der Waals surface area contributed by atoms with E-state index in [0.717, 1.165) is 16.8 Å². The lowest BCUT2D eigenvalue weighted by Gasteiger charge is -2.12. The van der Waals surface area contributed by atoms with E-state index in [-0.39, 0.29) is 4.90 Å². The van der Waals surface area contributed by atoms with Gasteiger partial charge in [0, 0.05) is 11.3 Å². The number of ether oxygens (including phenoxy) is 1. The Bertz CT molecular complexity index is 1250. The topological polar surface area (TPSA) is 98.5 Å². The molecule has 0 amide bonds. The van der Waals surface area contributed by atoms with Crippen LogP contribution in [-0.4, -0.2) is 35.3 Å². The minimum Gasteiger partial charge on any atom is -0.495 e. The number of hydrogen-bond donors (Lipinski definition) is 1. The summed E-state index contributed by atoms with van der Waals surface area (Å²) in [5.41, 5.74) is 3.57. The Morgan fingerprint density at radius 3 is 2.57 bits per heavy atom. The van der Waals surface area contributed by atoms with Gasteiger partial charge in [-0.2, -0.15) is 9.61 Å². The highest BCUT2D eigenvalue weighted by molar-refractivity contribution is 7.92. The van der Waals surface area contributed by atoms with E-state index in [0.29, 0.717) is 17.1 Å². The van der Waals surface area contributed by atoms with E-state index in [1.165, 1.54) is 19.5 Å². The molecule has 0 aliphatic rings. The van der Waals surface area contributed by atoms with Gasteiger partial charge in [0.05, 0.1) is 12.8 Å². The van der Waals surface area contributed by atoms with Crippen LogP contribution in [0.4, 0.5) is 5.69 Å². The van der Waals surface area contributed by atoms with Crippen LogP contribution in [0.1, 0.15) is 5.56 Å². The van der Waals surface area contributed by atoms with Crippen molar-refractivity contribution < 1.29 is 13.2 Å². The van der Waals surface area contributed by atoms with Crippen molar-refractivity contribution in [3.63, 3.8) is 0 Å². The molecule has 142 valence electrons. The van der Waals surface area contributed by atoms with Crippen molar-refractivity contribution in [3.05, 3.63) is 66.5 Å². The number of benzene rings is 2. The lowest BCUT2D eigenvalue weighted by Crippen LogP contribution is -2.14. The highest BCUT2D eigenvalue weighted by Crippen LogP contribution is 2.27. The molecule has 0 saturated carbocycles. The lowest BCUT2D eigenvalue weighted by atomic mass is 10.1. The number of sulfonamides is 1. The van der Waals surface area contributed by atoms with Gasteiger partial charge in [-0.05, 0) is 48.9 Å². The van der Waals surface area contributed by atoms with Crippen LogP contribution in [0.15, 0.2) is 65.8 Å². The molecule has 0 radical (unpaired) electrons. The Hall–Kier alpha value is -3.46. The normalized spacial score (nSPS) is 11.5. The summed E-state index contributed by atoms with van der Waals surface area (Å²) in [5.74, 6) is 0.301. The molecule has 0 aliphatic carbocycles. The maximum atomic E-state index is 12.7. The molecule has 2 aromatic carbocycles. The molecule has 28 heavy (non-hydrogen) atoms. The second-order valence-electron chi connectivity index (χ2n) is 6.19. The molecule has 0 spiro atoms. The molecular formula is C19H17N5O3S. The van der Waals surface area contributed by atoms with E-state index in [9.17, 15) is 8.42 Å². The van der Waals surface area contributed by atoms with Crippen LogP contribution < -0.4 is 9.46 Å². The average molecular weight is 395 g/mol. The minimum absolute atomic E-state index is 0.0874. The van der Waals surface area contributed by atoms with Crippen LogP contribution in [0.5, 0.6) is 5.75 Å². The Labute approximate surface area is 161 Å². The fourth-order valence-corrected chi connectivity index (χ4v) is 4.01. The molecule has 8 nitrogen and oxygen atoms in total. The third kappa shape index (κ3) is 3.39. The molecule has 0 bridgehead atoms. The first kappa shape index (κ1) is 17.9. The first-order valence-electron chi connectivity index (χ1n) is 8.41. The number of fused-ring (bicyclic) bond motifs is 1. The van der Waals surface area contributed by atoms with Crippen LogP contribution in [0.2, 0.25) is 0 Å². The van der Waals surface area contributed by atoms with Crippen molar-refractivity contribution in [3.8, 4) is 17.0 Å². The van der Waals surface area contributed by atoms with Crippen molar-refractivity contribution in [1.82, 2.24) is 19.8 Å². The molecule has 0 saturated heterocycles. The molecule has 4 aromatic rings. The number of nitrogens with one attached hydrogen (secondary N) is 1. The quantitative estimate of drug-likeness (QED) is 0.558. The van der Waals surface area contributed by atoms with Gasteiger partial charge < -0.3 is 4.74 Å². The Morgan fingerprint density at radius 1 is 1.04 bits per heavy atom. The maximum Gasteiger partial charge on any atom is 0.265 e. The average Bonchev–Trinajstić information content (AvgIpc) is 3.15. The van der Waals surface area contributed by atoms with Crippen molar-refractivity contribution in [1.29, 1.82) is 0 Å². The Morgan fingerprint density at radius 2 is 1.82 bits per heavy atom. The van der Waals surface area contributed by atoms with Crippen LogP contribution >= 0.6 is 0 Å². The first-order valence-corrected chi connectivity index (χ1v) is 9.89. The number of methoxy groups -OCH3 is 1. The lowest BCUT2D eigenvalue weighted by molar-refractivity contribution is 0.402. The van der Waals surface area contributed by atoms with E-state index in [4.69, 9.17) is 4.74 Å². The number of anilines is 1. The van der Waals surface area contributed by atoms with E-state index in [1.54, 1.807) is 40.9 Å². The molecule has 0 unspecified atom stereocenters. The molecule has 0 aliphatic heterocycles. The number of aryl methyl sites for hydroxylation is 1. The summed E-state index contributed by atoms with van der Waals surface area (Å²) < 4.78 is 34.9. The van der Waals surface area contributed by atoms with Crippen molar-refractivity contribution in [2.24, 2.45) is 0 Å². The zero-order chi connectivity index (χ0) is 19.7. The molecule has 2 aromatic heterocycles. The van der Waals surface area contributed by atoms with Crippen LogP contribution in [0.3, 0.4) is 0 Å². The molecule has 9 heteroatoms. The number of hydrogen-bond acceptors (Lipinski definition) is 6. The Kier molecular flexibility index (Phi) is 4.44. The minimum atomic E-state index is -3.78. The molecule has 2 heterocycles. The number of aromatic nitrogens is 4. The highest BCUT2D eigenvalue weighted by Gasteiger charge is 2.19.